The Morgan fingerprint density at radius 1 is 1.00 bits per heavy atom. The summed E-state index contributed by atoms with van der Waals surface area (Å²) < 4.78 is 13.3. The first-order valence-corrected chi connectivity index (χ1v) is 7.29. The number of nitrogens with two attached hydrogens (primary N) is 1. The van der Waals surface area contributed by atoms with Gasteiger partial charge in [-0.1, -0.05) is 18.2 Å². The predicted octanol–water partition coefficient (Wildman–Crippen LogP) is 2.37. The molecule has 2 aromatic rings. The van der Waals surface area contributed by atoms with Crippen LogP contribution < -0.4 is 10.6 Å². The molecule has 1 aliphatic rings. The van der Waals surface area contributed by atoms with Crippen molar-refractivity contribution in [1.29, 1.82) is 0 Å². The number of hydrogen-bond acceptors (Lipinski definition) is 3. The lowest BCUT2D eigenvalue weighted by Gasteiger charge is -2.36. The molecular formula is C17H18FN3O. The van der Waals surface area contributed by atoms with Crippen LogP contribution in [-0.2, 0) is 0 Å². The monoisotopic (exact) mass is 299 g/mol. The number of nitrogens with zero attached hydrogens (tertiary/aromatic N) is 2. The predicted molar refractivity (Wildman–Crippen MR) is 85.4 cm³/mol. The van der Waals surface area contributed by atoms with Gasteiger partial charge in [-0.2, -0.15) is 0 Å². The largest absolute Gasteiger partial charge is 0.398 e. The van der Waals surface area contributed by atoms with Gasteiger partial charge in [0, 0.05) is 37.6 Å². The first-order chi connectivity index (χ1) is 10.6. The van der Waals surface area contributed by atoms with E-state index in [1.165, 1.54) is 18.2 Å². The number of anilines is 2. The molecule has 3 rings (SSSR count). The number of hydrogen-bond donors (Lipinski definition) is 1. The number of rotatable bonds is 2. The quantitative estimate of drug-likeness (QED) is 0.866. The highest BCUT2D eigenvalue weighted by Gasteiger charge is 2.23. The van der Waals surface area contributed by atoms with E-state index in [-0.39, 0.29) is 11.5 Å². The minimum atomic E-state index is -0.444. The van der Waals surface area contributed by atoms with Crippen molar-refractivity contribution in [2.45, 2.75) is 0 Å². The molecule has 0 bridgehead atoms. The highest BCUT2D eigenvalue weighted by Crippen LogP contribution is 2.19. The minimum Gasteiger partial charge on any atom is -0.398 e. The Morgan fingerprint density at radius 2 is 1.68 bits per heavy atom. The van der Waals surface area contributed by atoms with Gasteiger partial charge in [0.05, 0.1) is 5.56 Å². The molecule has 114 valence electrons. The standard InChI is InChI=1S/C17H18FN3O/c18-13-6-7-16(19)15(12-13)17(22)21-10-8-20(9-11-21)14-4-2-1-3-5-14/h1-7,12H,8-11,19H2. The lowest BCUT2D eigenvalue weighted by Crippen LogP contribution is -2.48. The molecule has 2 N–H and O–H groups in total. The van der Waals surface area contributed by atoms with Crippen molar-refractivity contribution in [2.75, 3.05) is 36.8 Å². The van der Waals surface area contributed by atoms with E-state index in [1.807, 2.05) is 18.2 Å². The van der Waals surface area contributed by atoms with Gasteiger partial charge in [-0.15, -0.1) is 0 Å². The Morgan fingerprint density at radius 3 is 2.36 bits per heavy atom. The van der Waals surface area contributed by atoms with Crippen LogP contribution in [-0.4, -0.2) is 37.0 Å². The minimum absolute atomic E-state index is 0.204. The van der Waals surface area contributed by atoms with Crippen molar-refractivity contribution in [3.8, 4) is 0 Å². The number of para-hydroxylation sites is 1. The Bertz CT molecular complexity index is 667. The van der Waals surface area contributed by atoms with Gasteiger partial charge in [0.25, 0.3) is 5.91 Å². The van der Waals surface area contributed by atoms with Crippen molar-refractivity contribution in [1.82, 2.24) is 4.90 Å². The summed E-state index contributed by atoms with van der Waals surface area (Å²) in [6.07, 6.45) is 0. The second kappa shape index (κ2) is 6.05. The third-order valence-electron chi connectivity index (χ3n) is 3.93. The molecule has 2 aromatic carbocycles. The van der Waals surface area contributed by atoms with E-state index in [1.54, 1.807) is 4.90 Å². The van der Waals surface area contributed by atoms with Gasteiger partial charge in [-0.3, -0.25) is 4.79 Å². The zero-order chi connectivity index (χ0) is 15.5. The van der Waals surface area contributed by atoms with Gasteiger partial charge in [-0.05, 0) is 30.3 Å². The molecule has 0 spiro atoms. The third kappa shape index (κ3) is 2.88. The summed E-state index contributed by atoms with van der Waals surface area (Å²) in [5.41, 5.74) is 7.50. The van der Waals surface area contributed by atoms with Gasteiger partial charge in [0.2, 0.25) is 0 Å². The summed E-state index contributed by atoms with van der Waals surface area (Å²) in [6, 6.07) is 14.0. The van der Waals surface area contributed by atoms with Crippen LogP contribution in [0.3, 0.4) is 0 Å². The molecule has 0 aromatic heterocycles. The van der Waals surface area contributed by atoms with Crippen LogP contribution in [0.5, 0.6) is 0 Å². The average Bonchev–Trinajstić information content (AvgIpc) is 2.57. The highest BCUT2D eigenvalue weighted by atomic mass is 19.1. The normalized spacial score (nSPS) is 15.0. The maximum absolute atomic E-state index is 13.3. The molecule has 1 amide bonds. The first kappa shape index (κ1) is 14.4. The van der Waals surface area contributed by atoms with E-state index < -0.39 is 5.82 Å². The molecule has 22 heavy (non-hydrogen) atoms. The second-order valence-electron chi connectivity index (χ2n) is 5.35. The summed E-state index contributed by atoms with van der Waals surface area (Å²) in [5, 5.41) is 0. The van der Waals surface area contributed by atoms with Gasteiger partial charge in [0.1, 0.15) is 5.82 Å². The Hall–Kier alpha value is -2.56. The fraction of sp³-hybridized carbons (Fsp3) is 0.235. The van der Waals surface area contributed by atoms with Gasteiger partial charge >= 0.3 is 0 Å². The molecule has 5 heteroatoms. The van der Waals surface area contributed by atoms with Crippen LogP contribution in [0, 0.1) is 5.82 Å². The second-order valence-corrected chi connectivity index (χ2v) is 5.35. The van der Waals surface area contributed by atoms with E-state index in [9.17, 15) is 9.18 Å². The smallest absolute Gasteiger partial charge is 0.256 e. The van der Waals surface area contributed by atoms with Crippen molar-refractivity contribution in [3.05, 3.63) is 59.9 Å². The van der Waals surface area contributed by atoms with E-state index in [0.717, 1.165) is 18.8 Å². The van der Waals surface area contributed by atoms with E-state index >= 15 is 0 Å². The Labute approximate surface area is 128 Å². The van der Waals surface area contributed by atoms with Crippen molar-refractivity contribution >= 4 is 17.3 Å². The summed E-state index contributed by atoms with van der Waals surface area (Å²) in [4.78, 5) is 16.4. The topological polar surface area (TPSA) is 49.6 Å². The molecule has 0 radical (unpaired) electrons. The zero-order valence-corrected chi connectivity index (χ0v) is 12.2. The van der Waals surface area contributed by atoms with Gasteiger partial charge < -0.3 is 15.5 Å². The molecule has 0 unspecified atom stereocenters. The lowest BCUT2D eigenvalue weighted by molar-refractivity contribution is 0.0747. The first-order valence-electron chi connectivity index (χ1n) is 7.29. The summed E-state index contributed by atoms with van der Waals surface area (Å²) in [5.74, 6) is -0.648. The molecule has 4 nitrogen and oxygen atoms in total. The summed E-state index contributed by atoms with van der Waals surface area (Å²) >= 11 is 0. The van der Waals surface area contributed by atoms with E-state index in [2.05, 4.69) is 17.0 Å². The van der Waals surface area contributed by atoms with Crippen LogP contribution in [0.1, 0.15) is 10.4 Å². The zero-order valence-electron chi connectivity index (χ0n) is 12.2. The van der Waals surface area contributed by atoms with Crippen LogP contribution in [0.4, 0.5) is 15.8 Å². The SMILES string of the molecule is Nc1ccc(F)cc1C(=O)N1CCN(c2ccccc2)CC1. The fourth-order valence-electron chi connectivity index (χ4n) is 2.69. The van der Waals surface area contributed by atoms with Crippen molar-refractivity contribution in [2.24, 2.45) is 0 Å². The highest BCUT2D eigenvalue weighted by molar-refractivity contribution is 5.99. The molecule has 0 atom stereocenters. The molecular weight excluding hydrogens is 281 g/mol. The Kier molecular flexibility index (Phi) is 3.96. The van der Waals surface area contributed by atoms with Crippen molar-refractivity contribution in [3.63, 3.8) is 0 Å². The van der Waals surface area contributed by atoms with Crippen LogP contribution in [0.2, 0.25) is 0 Å². The number of benzene rings is 2. The molecule has 1 saturated heterocycles. The molecule has 0 saturated carbocycles. The molecule has 0 aliphatic carbocycles. The van der Waals surface area contributed by atoms with Gasteiger partial charge in [-0.25, -0.2) is 4.39 Å². The average molecular weight is 299 g/mol. The molecule has 1 fully saturated rings. The van der Waals surface area contributed by atoms with Crippen LogP contribution in [0.15, 0.2) is 48.5 Å². The van der Waals surface area contributed by atoms with Crippen LogP contribution in [0.25, 0.3) is 0 Å². The number of piperazine rings is 1. The fourth-order valence-corrected chi connectivity index (χ4v) is 2.69. The lowest BCUT2D eigenvalue weighted by atomic mass is 10.1. The Balaban J connectivity index is 1.68. The van der Waals surface area contributed by atoms with Crippen LogP contribution >= 0.6 is 0 Å². The summed E-state index contributed by atoms with van der Waals surface area (Å²) in [6.45, 7) is 2.71. The number of carbonyl (C=O) groups is 1. The van der Waals surface area contributed by atoms with E-state index in [4.69, 9.17) is 5.73 Å². The number of nitrogen functional groups attached to an aromatic ring is 1. The maximum atomic E-state index is 13.3. The molecule has 1 heterocycles. The number of carbonyl (C=O) groups excluding carboxylic acids is 1. The van der Waals surface area contributed by atoms with Crippen molar-refractivity contribution < 1.29 is 9.18 Å². The van der Waals surface area contributed by atoms with E-state index in [0.29, 0.717) is 18.8 Å². The third-order valence-corrected chi connectivity index (χ3v) is 3.93. The maximum Gasteiger partial charge on any atom is 0.256 e. The number of amides is 1. The molecule has 1 aliphatic heterocycles. The number of halogens is 1. The summed E-state index contributed by atoms with van der Waals surface area (Å²) in [7, 11) is 0. The van der Waals surface area contributed by atoms with Gasteiger partial charge in [0.15, 0.2) is 0 Å².